The van der Waals surface area contributed by atoms with Gasteiger partial charge in [-0.25, -0.2) is 4.39 Å². The second-order valence-electron chi connectivity index (χ2n) is 3.96. The van der Waals surface area contributed by atoms with Crippen LogP contribution in [0.3, 0.4) is 0 Å². The summed E-state index contributed by atoms with van der Waals surface area (Å²) in [5, 5.41) is 8.62. The Balaban J connectivity index is 2.15. The highest BCUT2D eigenvalue weighted by atomic mass is 35.5. The van der Waals surface area contributed by atoms with Crippen molar-refractivity contribution >= 4 is 17.4 Å². The molecule has 0 saturated carbocycles. The first-order valence-electron chi connectivity index (χ1n) is 5.73. The molecule has 100 valence electrons. The van der Waals surface area contributed by atoms with Gasteiger partial charge in [0.15, 0.2) is 5.78 Å². The summed E-state index contributed by atoms with van der Waals surface area (Å²) in [5.74, 6) is 0.0925. The first-order chi connectivity index (χ1) is 9.60. The number of Topliss-reactive ketones (excluding diaryl/α,β-unsaturated/α-hetero) is 1. The number of halogens is 2. The molecule has 2 aromatic rings. The van der Waals surface area contributed by atoms with Crippen LogP contribution in [0, 0.1) is 17.1 Å². The summed E-state index contributed by atoms with van der Waals surface area (Å²) in [6.45, 7) is 0. The Kier molecular flexibility index (Phi) is 4.34. The van der Waals surface area contributed by atoms with Gasteiger partial charge in [-0.2, -0.15) is 5.26 Å². The highest BCUT2D eigenvalue weighted by Crippen LogP contribution is 2.29. The predicted octanol–water partition coefficient (Wildman–Crippen LogP) is 4.37. The van der Waals surface area contributed by atoms with Gasteiger partial charge in [0.1, 0.15) is 17.3 Å². The fourth-order valence-electron chi connectivity index (χ4n) is 1.57. The van der Waals surface area contributed by atoms with Crippen LogP contribution in [0.5, 0.6) is 11.5 Å². The lowest BCUT2D eigenvalue weighted by molar-refractivity contribution is 0.0997. The van der Waals surface area contributed by atoms with E-state index in [2.05, 4.69) is 0 Å². The summed E-state index contributed by atoms with van der Waals surface area (Å²) in [5.41, 5.74) is 0.434. The Morgan fingerprint density at radius 1 is 1.25 bits per heavy atom. The topological polar surface area (TPSA) is 50.1 Å². The van der Waals surface area contributed by atoms with E-state index >= 15 is 0 Å². The molecule has 5 heteroatoms. The molecule has 0 aromatic heterocycles. The van der Waals surface area contributed by atoms with Crippen LogP contribution in [0.4, 0.5) is 4.39 Å². The van der Waals surface area contributed by atoms with Gasteiger partial charge < -0.3 is 4.74 Å². The maximum Gasteiger partial charge on any atom is 0.176 e. The number of hydrogen-bond acceptors (Lipinski definition) is 3. The van der Waals surface area contributed by atoms with E-state index < -0.39 is 5.82 Å². The smallest absolute Gasteiger partial charge is 0.176 e. The van der Waals surface area contributed by atoms with Gasteiger partial charge in [0.05, 0.1) is 17.5 Å². The molecule has 0 fully saturated rings. The van der Waals surface area contributed by atoms with Gasteiger partial charge in [-0.3, -0.25) is 4.79 Å². The Morgan fingerprint density at radius 2 is 1.95 bits per heavy atom. The SMILES string of the molecule is N#CCC(=O)c1ccc(Oc2ccc(F)cc2Cl)cc1. The number of benzene rings is 2. The van der Waals surface area contributed by atoms with Gasteiger partial charge in [-0.15, -0.1) is 0 Å². The van der Waals surface area contributed by atoms with Crippen LogP contribution in [0.2, 0.25) is 5.02 Å². The minimum atomic E-state index is -0.445. The third kappa shape index (κ3) is 3.34. The summed E-state index contributed by atoms with van der Waals surface area (Å²) in [6.07, 6.45) is -0.163. The summed E-state index contributed by atoms with van der Waals surface area (Å²) in [6, 6.07) is 11.9. The van der Waals surface area contributed by atoms with E-state index in [-0.39, 0.29) is 17.2 Å². The highest BCUT2D eigenvalue weighted by Gasteiger charge is 2.07. The number of nitrogens with zero attached hydrogens (tertiary/aromatic N) is 1. The Hall–Kier alpha value is -2.38. The van der Waals surface area contributed by atoms with Crippen LogP contribution in [0.1, 0.15) is 16.8 Å². The summed E-state index contributed by atoms with van der Waals surface area (Å²) in [4.78, 5) is 11.5. The summed E-state index contributed by atoms with van der Waals surface area (Å²) in [7, 11) is 0. The van der Waals surface area contributed by atoms with E-state index in [0.29, 0.717) is 17.1 Å². The maximum absolute atomic E-state index is 12.9. The highest BCUT2D eigenvalue weighted by molar-refractivity contribution is 6.32. The molecule has 3 nitrogen and oxygen atoms in total. The van der Waals surface area contributed by atoms with Crippen molar-refractivity contribution in [1.29, 1.82) is 5.26 Å². The van der Waals surface area contributed by atoms with Crippen LogP contribution in [-0.4, -0.2) is 5.78 Å². The first-order valence-corrected chi connectivity index (χ1v) is 6.11. The monoisotopic (exact) mass is 289 g/mol. The number of ether oxygens (including phenoxy) is 1. The van der Waals surface area contributed by atoms with Gasteiger partial charge in [0.2, 0.25) is 0 Å². The van der Waals surface area contributed by atoms with Crippen LogP contribution >= 0.6 is 11.6 Å². The average Bonchev–Trinajstić information content (AvgIpc) is 2.43. The molecular formula is C15H9ClFNO2. The second kappa shape index (κ2) is 6.18. The van der Waals surface area contributed by atoms with Crippen molar-refractivity contribution in [1.82, 2.24) is 0 Å². The average molecular weight is 290 g/mol. The Bertz CT molecular complexity index is 677. The lowest BCUT2D eigenvalue weighted by Crippen LogP contribution is -1.96. The summed E-state index contributed by atoms with van der Waals surface area (Å²) < 4.78 is 18.4. The van der Waals surface area contributed by atoms with Crippen LogP contribution in [-0.2, 0) is 0 Å². The van der Waals surface area contributed by atoms with Gasteiger partial charge >= 0.3 is 0 Å². The number of carbonyl (C=O) groups excluding carboxylic acids is 1. The minimum Gasteiger partial charge on any atom is -0.456 e. The van der Waals surface area contributed by atoms with Crippen molar-refractivity contribution in [2.24, 2.45) is 0 Å². The molecule has 0 radical (unpaired) electrons. The van der Waals surface area contributed by atoms with Crippen molar-refractivity contribution < 1.29 is 13.9 Å². The zero-order valence-corrected chi connectivity index (χ0v) is 11.0. The standard InChI is InChI=1S/C15H9ClFNO2/c16-13-9-11(17)3-6-15(13)20-12-4-1-10(2-5-12)14(19)7-8-18/h1-6,9H,7H2. The van der Waals surface area contributed by atoms with Crippen molar-refractivity contribution in [3.63, 3.8) is 0 Å². The Labute approximate surface area is 120 Å². The van der Waals surface area contributed by atoms with E-state index in [1.54, 1.807) is 30.3 Å². The predicted molar refractivity (Wildman–Crippen MR) is 72.5 cm³/mol. The van der Waals surface area contributed by atoms with Gasteiger partial charge in [-0.05, 0) is 42.5 Å². The lowest BCUT2D eigenvalue weighted by Gasteiger charge is -2.08. The maximum atomic E-state index is 12.9. The zero-order chi connectivity index (χ0) is 14.5. The van der Waals surface area contributed by atoms with Crippen LogP contribution < -0.4 is 4.74 Å². The fourth-order valence-corrected chi connectivity index (χ4v) is 1.77. The molecule has 2 rings (SSSR count). The van der Waals surface area contributed by atoms with Gasteiger partial charge in [0, 0.05) is 5.56 Å². The van der Waals surface area contributed by atoms with Crippen molar-refractivity contribution in [2.45, 2.75) is 6.42 Å². The number of carbonyl (C=O) groups is 1. The molecule has 0 aliphatic rings. The largest absolute Gasteiger partial charge is 0.456 e. The molecule has 0 amide bonds. The minimum absolute atomic E-state index is 0.162. The number of rotatable bonds is 4. The molecule has 0 N–H and O–H groups in total. The number of hydrogen-bond donors (Lipinski definition) is 0. The van der Waals surface area contributed by atoms with E-state index in [4.69, 9.17) is 21.6 Å². The van der Waals surface area contributed by atoms with E-state index in [9.17, 15) is 9.18 Å². The molecular weight excluding hydrogens is 281 g/mol. The van der Waals surface area contributed by atoms with E-state index in [1.807, 2.05) is 0 Å². The molecule has 0 heterocycles. The fraction of sp³-hybridized carbons (Fsp3) is 0.0667. The molecule has 0 aliphatic heterocycles. The molecule has 0 saturated heterocycles. The van der Waals surface area contributed by atoms with Gasteiger partial charge in [0.25, 0.3) is 0 Å². The lowest BCUT2D eigenvalue weighted by atomic mass is 10.1. The molecule has 2 aromatic carbocycles. The number of ketones is 1. The third-order valence-electron chi connectivity index (χ3n) is 2.54. The van der Waals surface area contributed by atoms with Gasteiger partial charge in [-0.1, -0.05) is 11.6 Å². The normalized spacial score (nSPS) is 9.85. The molecule has 20 heavy (non-hydrogen) atoms. The Morgan fingerprint density at radius 3 is 2.55 bits per heavy atom. The molecule has 0 bridgehead atoms. The quantitative estimate of drug-likeness (QED) is 0.785. The number of nitriles is 1. The summed E-state index contributed by atoms with van der Waals surface area (Å²) >= 11 is 5.85. The van der Waals surface area contributed by atoms with E-state index in [1.165, 1.54) is 12.1 Å². The van der Waals surface area contributed by atoms with E-state index in [0.717, 1.165) is 6.07 Å². The van der Waals surface area contributed by atoms with Crippen molar-refractivity contribution in [2.75, 3.05) is 0 Å². The van der Waals surface area contributed by atoms with Crippen molar-refractivity contribution in [3.05, 3.63) is 58.9 Å². The van der Waals surface area contributed by atoms with Crippen molar-refractivity contribution in [3.8, 4) is 17.6 Å². The molecule has 0 atom stereocenters. The third-order valence-corrected chi connectivity index (χ3v) is 2.83. The zero-order valence-electron chi connectivity index (χ0n) is 10.3. The molecule has 0 unspecified atom stereocenters. The molecule has 0 aliphatic carbocycles. The van der Waals surface area contributed by atoms with Crippen LogP contribution in [0.25, 0.3) is 0 Å². The second-order valence-corrected chi connectivity index (χ2v) is 4.37. The van der Waals surface area contributed by atoms with Crippen LogP contribution in [0.15, 0.2) is 42.5 Å². The first kappa shape index (κ1) is 14.0. The molecule has 0 spiro atoms.